The first-order chi connectivity index (χ1) is 9.81. The third-order valence-electron chi connectivity index (χ3n) is 4.41. The molecule has 1 saturated heterocycles. The van der Waals surface area contributed by atoms with Crippen molar-refractivity contribution in [3.63, 3.8) is 0 Å². The Kier molecular flexibility index (Phi) is 6.55. The predicted octanol–water partition coefficient (Wildman–Crippen LogP) is 4.12. The molecule has 0 aromatic heterocycles. The molecule has 0 aliphatic carbocycles. The Balaban J connectivity index is 1.91. The van der Waals surface area contributed by atoms with E-state index in [1.165, 1.54) is 37.7 Å². The summed E-state index contributed by atoms with van der Waals surface area (Å²) in [7, 11) is 0. The molecular weight excluding hydrogens is 246 g/mol. The molecule has 112 valence electrons. The van der Waals surface area contributed by atoms with Gasteiger partial charge in [0, 0.05) is 12.6 Å². The zero-order valence-electron chi connectivity index (χ0n) is 13.0. The second-order valence-electron chi connectivity index (χ2n) is 5.97. The van der Waals surface area contributed by atoms with Crippen LogP contribution >= 0.6 is 0 Å². The molecule has 1 aliphatic rings. The van der Waals surface area contributed by atoms with Crippen molar-refractivity contribution >= 4 is 0 Å². The highest BCUT2D eigenvalue weighted by Crippen LogP contribution is 2.25. The minimum absolute atomic E-state index is 0.504. The fourth-order valence-corrected chi connectivity index (χ4v) is 3.08. The van der Waals surface area contributed by atoms with Gasteiger partial charge in [-0.05, 0) is 50.1 Å². The Hall–Kier alpha value is -0.860. The van der Waals surface area contributed by atoms with Crippen molar-refractivity contribution < 1.29 is 4.74 Å². The van der Waals surface area contributed by atoms with Crippen LogP contribution < -0.4 is 5.32 Å². The topological polar surface area (TPSA) is 21.3 Å². The van der Waals surface area contributed by atoms with E-state index < -0.39 is 0 Å². The van der Waals surface area contributed by atoms with Crippen LogP contribution in [0.15, 0.2) is 30.3 Å². The molecule has 0 bridgehead atoms. The van der Waals surface area contributed by atoms with Crippen molar-refractivity contribution in [3.05, 3.63) is 35.9 Å². The van der Waals surface area contributed by atoms with E-state index >= 15 is 0 Å². The summed E-state index contributed by atoms with van der Waals surface area (Å²) in [6.45, 7) is 6.65. The minimum Gasteiger partial charge on any atom is -0.378 e. The van der Waals surface area contributed by atoms with Crippen LogP contribution in [-0.4, -0.2) is 25.3 Å². The Bertz CT molecular complexity index is 359. The molecule has 0 spiro atoms. The lowest BCUT2D eigenvalue weighted by Gasteiger charge is -2.26. The minimum atomic E-state index is 0.504. The van der Waals surface area contributed by atoms with Gasteiger partial charge in [0.15, 0.2) is 0 Å². The van der Waals surface area contributed by atoms with Gasteiger partial charge in [-0.3, -0.25) is 0 Å². The quantitative estimate of drug-likeness (QED) is 0.770. The maximum Gasteiger partial charge on any atom is 0.0576 e. The van der Waals surface area contributed by atoms with E-state index in [-0.39, 0.29) is 0 Å². The molecule has 0 saturated carbocycles. The number of benzene rings is 1. The van der Waals surface area contributed by atoms with Gasteiger partial charge in [0.2, 0.25) is 0 Å². The third-order valence-corrected chi connectivity index (χ3v) is 4.41. The number of nitrogens with one attached hydrogen (secondary N) is 1. The van der Waals surface area contributed by atoms with E-state index in [1.807, 2.05) is 0 Å². The summed E-state index contributed by atoms with van der Waals surface area (Å²) < 4.78 is 5.77. The predicted molar refractivity (Wildman–Crippen MR) is 85.1 cm³/mol. The molecule has 3 unspecified atom stereocenters. The summed E-state index contributed by atoms with van der Waals surface area (Å²) in [4.78, 5) is 0. The lowest BCUT2D eigenvalue weighted by Crippen LogP contribution is -2.35. The normalized spacial score (nSPS) is 21.8. The molecular formula is C18H29NO. The second-order valence-corrected chi connectivity index (χ2v) is 5.97. The molecule has 1 heterocycles. The summed E-state index contributed by atoms with van der Waals surface area (Å²) in [6, 6.07) is 11.4. The zero-order chi connectivity index (χ0) is 14.2. The number of hydrogen-bond donors (Lipinski definition) is 1. The summed E-state index contributed by atoms with van der Waals surface area (Å²) in [6.07, 6.45) is 6.59. The van der Waals surface area contributed by atoms with Gasteiger partial charge in [0.05, 0.1) is 6.10 Å². The fourth-order valence-electron chi connectivity index (χ4n) is 3.08. The SMILES string of the molecule is CCCNC(CCC1CCCO1)C(C)c1ccccc1. The first kappa shape index (κ1) is 15.5. The second kappa shape index (κ2) is 8.43. The van der Waals surface area contributed by atoms with Gasteiger partial charge in [0.1, 0.15) is 0 Å². The number of rotatable bonds is 8. The number of ether oxygens (including phenoxy) is 1. The smallest absolute Gasteiger partial charge is 0.0576 e. The standard InChI is InChI=1S/C18H29NO/c1-3-13-19-18(12-11-17-10-7-14-20-17)15(2)16-8-5-4-6-9-16/h4-6,8-9,15,17-19H,3,7,10-14H2,1-2H3. The molecule has 20 heavy (non-hydrogen) atoms. The lowest BCUT2D eigenvalue weighted by molar-refractivity contribution is 0.0988. The maximum atomic E-state index is 5.77. The highest BCUT2D eigenvalue weighted by molar-refractivity contribution is 5.20. The monoisotopic (exact) mass is 275 g/mol. The average molecular weight is 275 g/mol. The van der Waals surface area contributed by atoms with Crippen molar-refractivity contribution in [2.24, 2.45) is 0 Å². The molecule has 1 aromatic rings. The van der Waals surface area contributed by atoms with Crippen molar-refractivity contribution in [1.29, 1.82) is 0 Å². The summed E-state index contributed by atoms with van der Waals surface area (Å²) in [5, 5.41) is 3.74. The summed E-state index contributed by atoms with van der Waals surface area (Å²) >= 11 is 0. The van der Waals surface area contributed by atoms with Crippen LogP contribution in [0.3, 0.4) is 0 Å². The third kappa shape index (κ3) is 4.60. The van der Waals surface area contributed by atoms with Gasteiger partial charge >= 0.3 is 0 Å². The lowest BCUT2D eigenvalue weighted by atomic mass is 9.89. The van der Waals surface area contributed by atoms with Crippen molar-refractivity contribution in [2.45, 2.75) is 64.0 Å². The van der Waals surface area contributed by atoms with E-state index in [9.17, 15) is 0 Å². The Morgan fingerprint density at radius 1 is 1.30 bits per heavy atom. The molecule has 2 heteroatoms. The Morgan fingerprint density at radius 2 is 2.10 bits per heavy atom. The van der Waals surface area contributed by atoms with E-state index in [4.69, 9.17) is 4.74 Å². The first-order valence-corrected chi connectivity index (χ1v) is 8.21. The largest absolute Gasteiger partial charge is 0.378 e. The molecule has 1 aliphatic heterocycles. The van der Waals surface area contributed by atoms with Crippen molar-refractivity contribution in [3.8, 4) is 0 Å². The highest BCUT2D eigenvalue weighted by Gasteiger charge is 2.22. The average Bonchev–Trinajstić information content (AvgIpc) is 3.01. The maximum absolute atomic E-state index is 5.77. The van der Waals surface area contributed by atoms with Gasteiger partial charge in [-0.15, -0.1) is 0 Å². The van der Waals surface area contributed by atoms with E-state index in [0.29, 0.717) is 18.1 Å². The molecule has 1 fully saturated rings. The van der Waals surface area contributed by atoms with Crippen LogP contribution in [0.2, 0.25) is 0 Å². The van der Waals surface area contributed by atoms with Gasteiger partial charge < -0.3 is 10.1 Å². The van der Waals surface area contributed by atoms with Crippen molar-refractivity contribution in [2.75, 3.05) is 13.2 Å². The van der Waals surface area contributed by atoms with Crippen LogP contribution in [0, 0.1) is 0 Å². The first-order valence-electron chi connectivity index (χ1n) is 8.21. The van der Waals surface area contributed by atoms with E-state index in [0.717, 1.165) is 13.2 Å². The molecule has 2 rings (SSSR count). The van der Waals surface area contributed by atoms with Crippen LogP contribution in [0.1, 0.15) is 57.4 Å². The molecule has 1 aromatic carbocycles. The molecule has 3 atom stereocenters. The van der Waals surface area contributed by atoms with Gasteiger partial charge in [0.25, 0.3) is 0 Å². The number of hydrogen-bond acceptors (Lipinski definition) is 2. The van der Waals surface area contributed by atoms with Crippen LogP contribution in [0.5, 0.6) is 0 Å². The molecule has 0 amide bonds. The van der Waals surface area contributed by atoms with Gasteiger partial charge in [-0.1, -0.05) is 44.2 Å². The zero-order valence-corrected chi connectivity index (χ0v) is 13.0. The molecule has 2 nitrogen and oxygen atoms in total. The van der Waals surface area contributed by atoms with Crippen LogP contribution in [-0.2, 0) is 4.74 Å². The Labute approximate surface area is 123 Å². The summed E-state index contributed by atoms with van der Waals surface area (Å²) in [5.41, 5.74) is 1.44. The van der Waals surface area contributed by atoms with E-state index in [1.54, 1.807) is 0 Å². The Morgan fingerprint density at radius 3 is 2.75 bits per heavy atom. The van der Waals surface area contributed by atoms with Crippen LogP contribution in [0.25, 0.3) is 0 Å². The fraction of sp³-hybridized carbons (Fsp3) is 0.667. The van der Waals surface area contributed by atoms with Crippen molar-refractivity contribution in [1.82, 2.24) is 5.32 Å². The molecule has 1 N–H and O–H groups in total. The van der Waals surface area contributed by atoms with Crippen LogP contribution in [0.4, 0.5) is 0 Å². The highest BCUT2D eigenvalue weighted by atomic mass is 16.5. The summed E-state index contributed by atoms with van der Waals surface area (Å²) in [5.74, 6) is 0.559. The van der Waals surface area contributed by atoms with Gasteiger partial charge in [-0.2, -0.15) is 0 Å². The molecule has 0 radical (unpaired) electrons. The van der Waals surface area contributed by atoms with E-state index in [2.05, 4.69) is 49.5 Å². The van der Waals surface area contributed by atoms with Gasteiger partial charge in [-0.25, -0.2) is 0 Å².